The molecule has 0 atom stereocenters. The quantitative estimate of drug-likeness (QED) is 0.787. The van der Waals surface area contributed by atoms with Crippen LogP contribution in [0.15, 0.2) is 16.9 Å². The van der Waals surface area contributed by atoms with E-state index in [0.29, 0.717) is 17.7 Å². The van der Waals surface area contributed by atoms with E-state index in [1.165, 1.54) is 0 Å². The van der Waals surface area contributed by atoms with E-state index in [9.17, 15) is 0 Å². The lowest BCUT2D eigenvalue weighted by Gasteiger charge is -2.03. The van der Waals surface area contributed by atoms with Gasteiger partial charge in [-0.05, 0) is 20.3 Å². The fourth-order valence-electron chi connectivity index (χ4n) is 1.50. The standard InChI is InChI=1S/C12H18N4O2/c1-4-5-11-14-12(18-15-11)8-17-10-6-13-16(7-10)9(2)3/h6-7,9H,4-5,8H2,1-3H3. The first-order valence-electron chi connectivity index (χ1n) is 6.17. The highest BCUT2D eigenvalue weighted by atomic mass is 16.5. The first-order chi connectivity index (χ1) is 8.69. The first-order valence-corrected chi connectivity index (χ1v) is 6.17. The smallest absolute Gasteiger partial charge is 0.264 e. The lowest BCUT2D eigenvalue weighted by molar-refractivity contribution is 0.242. The highest BCUT2D eigenvalue weighted by molar-refractivity contribution is 5.12. The highest BCUT2D eigenvalue weighted by Gasteiger charge is 2.07. The number of ether oxygens (including phenoxy) is 1. The van der Waals surface area contributed by atoms with Crippen LogP contribution in [0.5, 0.6) is 5.75 Å². The molecule has 6 nitrogen and oxygen atoms in total. The summed E-state index contributed by atoms with van der Waals surface area (Å²) in [6.45, 7) is 6.48. The molecular weight excluding hydrogens is 232 g/mol. The molecule has 0 fully saturated rings. The first kappa shape index (κ1) is 12.6. The third-order valence-electron chi connectivity index (χ3n) is 2.45. The zero-order chi connectivity index (χ0) is 13.0. The summed E-state index contributed by atoms with van der Waals surface area (Å²) in [6, 6.07) is 0.321. The van der Waals surface area contributed by atoms with Crippen LogP contribution in [-0.2, 0) is 13.0 Å². The molecule has 2 rings (SSSR count). The van der Waals surface area contributed by atoms with Crippen molar-refractivity contribution >= 4 is 0 Å². The minimum Gasteiger partial charge on any atom is -0.480 e. The summed E-state index contributed by atoms with van der Waals surface area (Å²) >= 11 is 0. The molecule has 2 heterocycles. The monoisotopic (exact) mass is 250 g/mol. The molecule has 0 unspecified atom stereocenters. The van der Waals surface area contributed by atoms with Gasteiger partial charge in [-0.25, -0.2) is 0 Å². The fraction of sp³-hybridized carbons (Fsp3) is 0.583. The minimum atomic E-state index is 0.278. The van der Waals surface area contributed by atoms with Gasteiger partial charge in [-0.3, -0.25) is 4.68 Å². The van der Waals surface area contributed by atoms with Gasteiger partial charge < -0.3 is 9.26 Å². The highest BCUT2D eigenvalue weighted by Crippen LogP contribution is 2.14. The molecule has 98 valence electrons. The number of hydrogen-bond acceptors (Lipinski definition) is 5. The summed E-state index contributed by atoms with van der Waals surface area (Å²) in [5.41, 5.74) is 0. The Hall–Kier alpha value is -1.85. The molecule has 0 amide bonds. The van der Waals surface area contributed by atoms with Crippen molar-refractivity contribution in [1.82, 2.24) is 19.9 Å². The molecule has 0 spiro atoms. The Bertz CT molecular complexity index is 490. The van der Waals surface area contributed by atoms with Crippen LogP contribution in [0.4, 0.5) is 0 Å². The Kier molecular flexibility index (Phi) is 3.96. The van der Waals surface area contributed by atoms with Crippen LogP contribution >= 0.6 is 0 Å². The van der Waals surface area contributed by atoms with Crippen LogP contribution < -0.4 is 4.74 Å². The van der Waals surface area contributed by atoms with Gasteiger partial charge in [0.05, 0.1) is 12.4 Å². The molecular formula is C12H18N4O2. The summed E-state index contributed by atoms with van der Waals surface area (Å²) in [5, 5.41) is 8.05. The summed E-state index contributed by atoms with van der Waals surface area (Å²) in [7, 11) is 0. The van der Waals surface area contributed by atoms with Gasteiger partial charge in [-0.1, -0.05) is 12.1 Å². The van der Waals surface area contributed by atoms with Gasteiger partial charge in [0.25, 0.3) is 5.89 Å². The Balaban J connectivity index is 1.89. The molecule has 2 aromatic heterocycles. The van der Waals surface area contributed by atoms with Crippen molar-refractivity contribution in [3.8, 4) is 5.75 Å². The lowest BCUT2D eigenvalue weighted by Crippen LogP contribution is -2.00. The van der Waals surface area contributed by atoms with Gasteiger partial charge in [0.15, 0.2) is 18.2 Å². The van der Waals surface area contributed by atoms with Crippen molar-refractivity contribution in [3.63, 3.8) is 0 Å². The topological polar surface area (TPSA) is 66.0 Å². The Morgan fingerprint density at radius 3 is 2.94 bits per heavy atom. The van der Waals surface area contributed by atoms with Gasteiger partial charge in [-0.2, -0.15) is 10.1 Å². The Morgan fingerprint density at radius 1 is 1.44 bits per heavy atom. The second-order valence-electron chi connectivity index (χ2n) is 4.39. The maximum Gasteiger partial charge on any atom is 0.264 e. The number of nitrogens with zero attached hydrogens (tertiary/aromatic N) is 4. The van der Waals surface area contributed by atoms with Crippen molar-refractivity contribution in [2.75, 3.05) is 0 Å². The molecule has 0 aliphatic heterocycles. The van der Waals surface area contributed by atoms with Crippen LogP contribution in [0.1, 0.15) is 44.9 Å². The predicted octanol–water partition coefficient (Wildman–Crippen LogP) is 2.38. The maximum absolute atomic E-state index is 5.53. The van der Waals surface area contributed by atoms with Crippen molar-refractivity contribution in [2.24, 2.45) is 0 Å². The summed E-state index contributed by atoms with van der Waals surface area (Å²) < 4.78 is 12.5. The van der Waals surface area contributed by atoms with Crippen molar-refractivity contribution in [2.45, 2.75) is 46.3 Å². The molecule has 0 saturated carbocycles. The lowest BCUT2D eigenvalue weighted by atomic mass is 10.3. The van der Waals surface area contributed by atoms with Crippen molar-refractivity contribution < 1.29 is 9.26 Å². The SMILES string of the molecule is CCCc1noc(COc2cnn(C(C)C)c2)n1. The molecule has 18 heavy (non-hydrogen) atoms. The van der Waals surface area contributed by atoms with E-state index in [1.54, 1.807) is 6.20 Å². The zero-order valence-electron chi connectivity index (χ0n) is 11.0. The zero-order valence-corrected chi connectivity index (χ0v) is 11.0. The van der Waals surface area contributed by atoms with Gasteiger partial charge in [0.1, 0.15) is 0 Å². The van der Waals surface area contributed by atoms with E-state index < -0.39 is 0 Å². The van der Waals surface area contributed by atoms with E-state index in [-0.39, 0.29) is 6.61 Å². The average molecular weight is 250 g/mol. The molecule has 2 aromatic rings. The van der Waals surface area contributed by atoms with E-state index in [4.69, 9.17) is 9.26 Å². The summed E-state index contributed by atoms with van der Waals surface area (Å²) in [5.74, 6) is 1.93. The summed E-state index contributed by atoms with van der Waals surface area (Å²) in [4.78, 5) is 4.23. The predicted molar refractivity (Wildman–Crippen MR) is 65.2 cm³/mol. The van der Waals surface area contributed by atoms with E-state index in [0.717, 1.165) is 18.7 Å². The van der Waals surface area contributed by atoms with Crippen LogP contribution in [0.2, 0.25) is 0 Å². The van der Waals surface area contributed by atoms with E-state index in [1.807, 2.05) is 10.9 Å². The van der Waals surface area contributed by atoms with Crippen LogP contribution in [0.25, 0.3) is 0 Å². The third kappa shape index (κ3) is 3.09. The summed E-state index contributed by atoms with van der Waals surface area (Å²) in [6.07, 6.45) is 5.37. The van der Waals surface area contributed by atoms with Gasteiger partial charge >= 0.3 is 0 Å². The van der Waals surface area contributed by atoms with E-state index >= 15 is 0 Å². The van der Waals surface area contributed by atoms with Gasteiger partial charge in [-0.15, -0.1) is 0 Å². The molecule has 0 saturated heterocycles. The number of aromatic nitrogens is 4. The van der Waals surface area contributed by atoms with Gasteiger partial charge in [0.2, 0.25) is 0 Å². The minimum absolute atomic E-state index is 0.278. The van der Waals surface area contributed by atoms with Crippen LogP contribution in [-0.4, -0.2) is 19.9 Å². The second-order valence-corrected chi connectivity index (χ2v) is 4.39. The molecule has 0 N–H and O–H groups in total. The molecule has 0 radical (unpaired) electrons. The normalized spacial score (nSPS) is 11.1. The van der Waals surface area contributed by atoms with Crippen LogP contribution in [0, 0.1) is 0 Å². The molecule has 0 aliphatic rings. The molecule has 6 heteroatoms. The van der Waals surface area contributed by atoms with E-state index in [2.05, 4.69) is 36.0 Å². The number of hydrogen-bond donors (Lipinski definition) is 0. The average Bonchev–Trinajstić information content (AvgIpc) is 2.95. The molecule has 0 aromatic carbocycles. The van der Waals surface area contributed by atoms with Crippen LogP contribution in [0.3, 0.4) is 0 Å². The molecule has 0 bridgehead atoms. The largest absolute Gasteiger partial charge is 0.480 e. The Labute approximate surface area is 106 Å². The third-order valence-corrected chi connectivity index (χ3v) is 2.45. The van der Waals surface area contributed by atoms with Crippen molar-refractivity contribution in [3.05, 3.63) is 24.1 Å². The van der Waals surface area contributed by atoms with Gasteiger partial charge in [0, 0.05) is 12.5 Å². The number of rotatable bonds is 6. The Morgan fingerprint density at radius 2 is 2.28 bits per heavy atom. The molecule has 0 aliphatic carbocycles. The number of aryl methyl sites for hydroxylation is 1. The second kappa shape index (κ2) is 5.66. The van der Waals surface area contributed by atoms with Crippen molar-refractivity contribution in [1.29, 1.82) is 0 Å². The maximum atomic E-state index is 5.53. The fourth-order valence-corrected chi connectivity index (χ4v) is 1.50.